The topological polar surface area (TPSA) is 66.4 Å². The average molecular weight is 551 g/mol. The molecule has 0 aliphatic carbocycles. The van der Waals surface area contributed by atoms with Crippen LogP contribution in [-0.2, 0) is 43.5 Å². The molecule has 5 atom stereocenters. The van der Waals surface area contributed by atoms with Gasteiger partial charge in [-0.1, -0.05) is 111 Å². The van der Waals surface area contributed by atoms with Crippen LogP contribution in [-0.4, -0.2) is 57.1 Å². The Labute approximate surface area is 233 Å². The Balaban J connectivity index is 1.59. The molecule has 0 unspecified atom stereocenters. The average Bonchev–Trinajstić information content (AvgIpc) is 2.95. The van der Waals surface area contributed by atoms with Crippen LogP contribution in [0.15, 0.2) is 91.0 Å². The molecule has 39 heavy (non-hydrogen) atoms. The summed E-state index contributed by atoms with van der Waals surface area (Å²) in [5.74, 6) is 0. The molecule has 3 aromatic rings. The quantitative estimate of drug-likeness (QED) is 0.255. The lowest BCUT2D eigenvalue weighted by Crippen LogP contribution is -2.61. The smallest absolute Gasteiger partial charge is 0.186 e. The van der Waals surface area contributed by atoms with Gasteiger partial charge >= 0.3 is 0 Å². The number of aliphatic hydroxyl groups excluding tert-OH is 1. The fourth-order valence-corrected chi connectivity index (χ4v) is 5.24. The maximum atomic E-state index is 10.4. The summed E-state index contributed by atoms with van der Waals surface area (Å²) in [5.41, 5.74) is 3.13. The molecule has 0 amide bonds. The maximum Gasteiger partial charge on any atom is 0.186 e. The van der Waals surface area contributed by atoms with Gasteiger partial charge in [0.2, 0.25) is 0 Å². The van der Waals surface area contributed by atoms with E-state index in [-0.39, 0.29) is 6.61 Å². The molecule has 1 saturated heterocycles. The highest BCUT2D eigenvalue weighted by Crippen LogP contribution is 2.31. The highest BCUT2D eigenvalue weighted by molar-refractivity contribution is 6.76. The lowest BCUT2D eigenvalue weighted by Gasteiger charge is -2.45. The van der Waals surface area contributed by atoms with Gasteiger partial charge in [0.1, 0.15) is 24.4 Å². The Morgan fingerprint density at radius 2 is 1.05 bits per heavy atom. The summed E-state index contributed by atoms with van der Waals surface area (Å²) in [6.07, 6.45) is -2.96. The van der Waals surface area contributed by atoms with Crippen LogP contribution in [0, 0.1) is 0 Å². The Bertz CT molecular complexity index is 1080. The minimum Gasteiger partial charge on any atom is -0.394 e. The van der Waals surface area contributed by atoms with Crippen LogP contribution in [0.3, 0.4) is 0 Å². The van der Waals surface area contributed by atoms with Crippen molar-refractivity contribution in [3.8, 4) is 0 Å². The van der Waals surface area contributed by atoms with Crippen molar-refractivity contribution in [1.82, 2.24) is 0 Å². The molecule has 4 rings (SSSR count). The first kappa shape index (κ1) is 29.6. The standard InChI is InChI=1S/C32H42O6Si/c1-39(2,3)20-19-34-32-31(37-24-27-17-11-6-12-18-27)30(36-23-26-15-9-5-10-16-26)29(28(21-33)38-32)35-22-25-13-7-4-8-14-25/h4-18,28-33H,19-24H2,1-3H3/t28-,29+,30+,31-,32-/m0/s1. The van der Waals surface area contributed by atoms with Gasteiger partial charge in [-0.15, -0.1) is 0 Å². The Kier molecular flexibility index (Phi) is 11.3. The van der Waals surface area contributed by atoms with Gasteiger partial charge in [0.05, 0.1) is 26.4 Å². The lowest BCUT2D eigenvalue weighted by atomic mass is 9.98. The van der Waals surface area contributed by atoms with Crippen LogP contribution >= 0.6 is 0 Å². The van der Waals surface area contributed by atoms with E-state index in [2.05, 4.69) is 19.6 Å². The molecule has 1 aliphatic heterocycles. The summed E-state index contributed by atoms with van der Waals surface area (Å²) in [4.78, 5) is 0. The molecule has 3 aromatic carbocycles. The second kappa shape index (κ2) is 14.9. The molecule has 1 heterocycles. The molecule has 0 aromatic heterocycles. The number of benzene rings is 3. The van der Waals surface area contributed by atoms with Crippen molar-refractivity contribution in [3.05, 3.63) is 108 Å². The van der Waals surface area contributed by atoms with Crippen molar-refractivity contribution in [2.45, 2.75) is 76.2 Å². The number of hydrogen-bond acceptors (Lipinski definition) is 6. The SMILES string of the molecule is C[Si](C)(C)CCO[C@H]1O[C@@H](CO)[C@@H](OCc2ccccc2)[C@@H](OCc2ccccc2)[C@@H]1OCc1ccccc1. The Morgan fingerprint density at radius 3 is 1.49 bits per heavy atom. The summed E-state index contributed by atoms with van der Waals surface area (Å²) >= 11 is 0. The molecule has 1 fully saturated rings. The summed E-state index contributed by atoms with van der Waals surface area (Å²) < 4.78 is 32.2. The zero-order valence-electron chi connectivity index (χ0n) is 23.3. The van der Waals surface area contributed by atoms with E-state index < -0.39 is 38.8 Å². The number of aliphatic hydroxyl groups is 1. The van der Waals surface area contributed by atoms with Gasteiger partial charge in [-0.25, -0.2) is 0 Å². The van der Waals surface area contributed by atoms with Crippen LogP contribution in [0.1, 0.15) is 16.7 Å². The Morgan fingerprint density at radius 1 is 0.615 bits per heavy atom. The summed E-state index contributed by atoms with van der Waals surface area (Å²) in [6, 6.07) is 31.0. The maximum absolute atomic E-state index is 10.4. The molecule has 0 saturated carbocycles. The van der Waals surface area contributed by atoms with Gasteiger partial charge in [0.25, 0.3) is 0 Å². The van der Waals surface area contributed by atoms with Gasteiger partial charge in [-0.05, 0) is 22.7 Å². The van der Waals surface area contributed by atoms with Crippen LogP contribution in [0.4, 0.5) is 0 Å². The summed E-state index contributed by atoms with van der Waals surface area (Å²) in [6.45, 7) is 8.41. The summed E-state index contributed by atoms with van der Waals surface area (Å²) in [5, 5.41) is 10.4. The molecule has 210 valence electrons. The van der Waals surface area contributed by atoms with E-state index >= 15 is 0 Å². The highest BCUT2D eigenvalue weighted by Gasteiger charge is 2.48. The molecular formula is C32H42O6Si. The molecule has 1 N–H and O–H groups in total. The van der Waals surface area contributed by atoms with E-state index in [9.17, 15) is 5.11 Å². The van der Waals surface area contributed by atoms with Gasteiger partial charge in [-0.2, -0.15) is 0 Å². The molecule has 1 aliphatic rings. The van der Waals surface area contributed by atoms with Gasteiger partial charge in [-0.3, -0.25) is 0 Å². The molecule has 6 nitrogen and oxygen atoms in total. The lowest BCUT2D eigenvalue weighted by molar-refractivity contribution is -0.325. The number of hydrogen-bond donors (Lipinski definition) is 1. The molecule has 0 radical (unpaired) electrons. The fraction of sp³-hybridized carbons (Fsp3) is 0.438. The van der Waals surface area contributed by atoms with E-state index in [0.717, 1.165) is 22.7 Å². The van der Waals surface area contributed by atoms with Crippen molar-refractivity contribution in [3.63, 3.8) is 0 Å². The minimum atomic E-state index is -1.33. The number of ether oxygens (including phenoxy) is 5. The normalized spacial score (nSPS) is 23.5. The van der Waals surface area contributed by atoms with Gasteiger partial charge in [0.15, 0.2) is 6.29 Å². The first-order valence-electron chi connectivity index (χ1n) is 13.8. The number of rotatable bonds is 14. The van der Waals surface area contributed by atoms with Crippen LogP contribution in [0.25, 0.3) is 0 Å². The fourth-order valence-electron chi connectivity index (χ4n) is 4.51. The second-order valence-corrected chi connectivity index (χ2v) is 16.8. The third kappa shape index (κ3) is 9.36. The van der Waals surface area contributed by atoms with Gasteiger partial charge in [0, 0.05) is 14.7 Å². The predicted octanol–water partition coefficient (Wildman–Crippen LogP) is 5.81. The Hall–Kier alpha value is -2.36. The van der Waals surface area contributed by atoms with Crippen molar-refractivity contribution in [1.29, 1.82) is 0 Å². The van der Waals surface area contributed by atoms with E-state index in [0.29, 0.717) is 26.4 Å². The third-order valence-corrected chi connectivity index (χ3v) is 8.47. The van der Waals surface area contributed by atoms with Gasteiger partial charge < -0.3 is 28.8 Å². The largest absolute Gasteiger partial charge is 0.394 e. The van der Waals surface area contributed by atoms with E-state index in [4.69, 9.17) is 23.7 Å². The molecule has 0 bridgehead atoms. The van der Waals surface area contributed by atoms with Crippen molar-refractivity contribution in [2.75, 3.05) is 13.2 Å². The molecule has 0 spiro atoms. The zero-order valence-corrected chi connectivity index (χ0v) is 24.3. The monoisotopic (exact) mass is 550 g/mol. The van der Waals surface area contributed by atoms with Crippen LogP contribution in [0.2, 0.25) is 25.7 Å². The third-order valence-electron chi connectivity index (χ3n) is 6.76. The van der Waals surface area contributed by atoms with Crippen molar-refractivity contribution >= 4 is 8.07 Å². The second-order valence-electron chi connectivity index (χ2n) is 11.2. The first-order chi connectivity index (χ1) is 18.9. The van der Waals surface area contributed by atoms with E-state index in [1.807, 2.05) is 91.0 Å². The summed E-state index contributed by atoms with van der Waals surface area (Å²) in [7, 11) is -1.33. The molecule has 7 heteroatoms. The molecular weight excluding hydrogens is 508 g/mol. The minimum absolute atomic E-state index is 0.218. The first-order valence-corrected chi connectivity index (χ1v) is 17.5. The zero-order chi connectivity index (χ0) is 27.5. The van der Waals surface area contributed by atoms with E-state index in [1.54, 1.807) is 0 Å². The van der Waals surface area contributed by atoms with Crippen molar-refractivity contribution < 1.29 is 28.8 Å². The van der Waals surface area contributed by atoms with E-state index in [1.165, 1.54) is 0 Å². The highest BCUT2D eigenvalue weighted by atomic mass is 28.3. The van der Waals surface area contributed by atoms with Crippen LogP contribution < -0.4 is 0 Å². The predicted molar refractivity (Wildman–Crippen MR) is 155 cm³/mol. The van der Waals surface area contributed by atoms with Crippen molar-refractivity contribution in [2.24, 2.45) is 0 Å². The van der Waals surface area contributed by atoms with Crippen LogP contribution in [0.5, 0.6) is 0 Å².